The van der Waals surface area contributed by atoms with Crippen molar-refractivity contribution in [3.05, 3.63) is 33.9 Å². The van der Waals surface area contributed by atoms with Crippen LogP contribution in [0.5, 0.6) is 5.88 Å². The summed E-state index contributed by atoms with van der Waals surface area (Å²) in [6, 6.07) is 1.54. The molecule has 0 fully saturated rings. The van der Waals surface area contributed by atoms with E-state index in [-0.39, 0.29) is 12.2 Å². The lowest BCUT2D eigenvalue weighted by Gasteiger charge is -2.03. The van der Waals surface area contributed by atoms with Crippen LogP contribution in [0.25, 0.3) is 0 Å². The highest BCUT2D eigenvalue weighted by Crippen LogP contribution is 2.23. The molecular formula is C13H15BrN4O2. The molecule has 0 aliphatic rings. The van der Waals surface area contributed by atoms with Crippen molar-refractivity contribution < 1.29 is 9.53 Å². The normalized spacial score (nSPS) is 10.6. The quantitative estimate of drug-likeness (QED) is 0.779. The Hall–Kier alpha value is -1.76. The number of carbonyl (C=O) groups is 1. The van der Waals surface area contributed by atoms with Crippen LogP contribution in [0.2, 0.25) is 0 Å². The van der Waals surface area contributed by atoms with E-state index in [1.807, 2.05) is 14.0 Å². The number of nitrogens with zero attached hydrogens (tertiary/aromatic N) is 4. The molecule has 106 valence electrons. The number of hydrogen-bond donors (Lipinski definition) is 0. The molecule has 0 saturated carbocycles. The Morgan fingerprint density at radius 3 is 2.80 bits per heavy atom. The van der Waals surface area contributed by atoms with Crippen LogP contribution in [0.15, 0.2) is 16.9 Å². The molecule has 0 saturated heterocycles. The average molecular weight is 339 g/mol. The molecule has 0 atom stereocenters. The van der Waals surface area contributed by atoms with Crippen molar-refractivity contribution in [3.8, 4) is 5.88 Å². The molecule has 20 heavy (non-hydrogen) atoms. The first kappa shape index (κ1) is 14.6. The van der Waals surface area contributed by atoms with Crippen LogP contribution >= 0.6 is 15.9 Å². The molecule has 7 heteroatoms. The fourth-order valence-electron chi connectivity index (χ4n) is 1.86. The minimum absolute atomic E-state index is 0.1000. The number of aromatic nitrogens is 4. The smallest absolute Gasteiger partial charge is 0.216 e. The third kappa shape index (κ3) is 2.87. The summed E-state index contributed by atoms with van der Waals surface area (Å²) in [4.78, 5) is 20.1. The number of methoxy groups -OCH3 is 1. The predicted molar refractivity (Wildman–Crippen MR) is 76.9 cm³/mol. The van der Waals surface area contributed by atoms with Crippen LogP contribution in [0.1, 0.15) is 28.8 Å². The molecule has 0 N–H and O–H groups in total. The zero-order chi connectivity index (χ0) is 14.7. The summed E-state index contributed by atoms with van der Waals surface area (Å²) in [5.74, 6) is 0.277. The number of aryl methyl sites for hydroxylation is 2. The molecule has 0 aliphatic carbocycles. The van der Waals surface area contributed by atoms with E-state index in [9.17, 15) is 4.79 Å². The predicted octanol–water partition coefficient (Wildman–Crippen LogP) is 1.97. The Morgan fingerprint density at radius 1 is 1.45 bits per heavy atom. The van der Waals surface area contributed by atoms with E-state index in [2.05, 4.69) is 31.0 Å². The van der Waals surface area contributed by atoms with Crippen LogP contribution in [0.4, 0.5) is 0 Å². The van der Waals surface area contributed by atoms with Gasteiger partial charge in [-0.3, -0.25) is 9.48 Å². The number of hydrogen-bond acceptors (Lipinski definition) is 5. The topological polar surface area (TPSA) is 69.9 Å². The minimum atomic E-state index is -0.1000. The van der Waals surface area contributed by atoms with E-state index in [1.165, 1.54) is 19.5 Å². The van der Waals surface area contributed by atoms with Crippen molar-refractivity contribution in [2.45, 2.75) is 19.8 Å². The summed E-state index contributed by atoms with van der Waals surface area (Å²) < 4.78 is 7.60. The van der Waals surface area contributed by atoms with Crippen LogP contribution in [0, 0.1) is 0 Å². The van der Waals surface area contributed by atoms with Gasteiger partial charge in [-0.2, -0.15) is 5.10 Å². The van der Waals surface area contributed by atoms with Crippen LogP contribution in [0.3, 0.4) is 0 Å². The molecule has 0 spiro atoms. The molecule has 0 bridgehead atoms. The van der Waals surface area contributed by atoms with Crippen molar-refractivity contribution in [2.75, 3.05) is 7.11 Å². The maximum atomic E-state index is 12.3. The Bertz CT molecular complexity index is 639. The number of carbonyl (C=O) groups excluding carboxylic acids is 1. The van der Waals surface area contributed by atoms with Gasteiger partial charge >= 0.3 is 0 Å². The standard InChI is InChI=1S/C13H15BrN4O2/c1-4-8-13(14)10(18(2)17-8)6-11(19)9-5-12(20-3)16-7-15-9/h5,7H,4,6H2,1-3H3. The van der Waals surface area contributed by atoms with E-state index < -0.39 is 0 Å². The Labute approximate surface area is 125 Å². The van der Waals surface area contributed by atoms with E-state index >= 15 is 0 Å². The molecule has 0 aromatic carbocycles. The molecule has 2 aromatic heterocycles. The van der Waals surface area contributed by atoms with Crippen molar-refractivity contribution >= 4 is 21.7 Å². The van der Waals surface area contributed by atoms with Crippen LogP contribution in [-0.2, 0) is 19.9 Å². The molecular weight excluding hydrogens is 324 g/mol. The van der Waals surface area contributed by atoms with E-state index in [0.717, 1.165) is 22.3 Å². The number of halogens is 1. The summed E-state index contributed by atoms with van der Waals surface area (Å²) in [5.41, 5.74) is 2.11. The molecule has 0 unspecified atom stereocenters. The minimum Gasteiger partial charge on any atom is -0.481 e. The van der Waals surface area contributed by atoms with Gasteiger partial charge in [-0.15, -0.1) is 0 Å². The largest absolute Gasteiger partial charge is 0.481 e. The van der Waals surface area contributed by atoms with E-state index in [0.29, 0.717) is 11.6 Å². The van der Waals surface area contributed by atoms with Gasteiger partial charge in [0.25, 0.3) is 0 Å². The van der Waals surface area contributed by atoms with Crippen molar-refractivity contribution in [3.63, 3.8) is 0 Å². The van der Waals surface area contributed by atoms with Gasteiger partial charge in [0.05, 0.1) is 29.4 Å². The Kier molecular flexibility index (Phi) is 4.49. The van der Waals surface area contributed by atoms with Gasteiger partial charge in [0, 0.05) is 13.1 Å². The second-order valence-electron chi connectivity index (χ2n) is 4.23. The summed E-state index contributed by atoms with van der Waals surface area (Å²) in [5, 5.41) is 4.37. The first-order valence-corrected chi connectivity index (χ1v) is 6.95. The Balaban J connectivity index is 2.25. The lowest BCUT2D eigenvalue weighted by Crippen LogP contribution is -2.10. The third-order valence-electron chi connectivity index (χ3n) is 2.97. The maximum Gasteiger partial charge on any atom is 0.216 e. The summed E-state index contributed by atoms with van der Waals surface area (Å²) in [6.45, 7) is 2.02. The van der Waals surface area contributed by atoms with Crippen LogP contribution < -0.4 is 4.74 Å². The van der Waals surface area contributed by atoms with Gasteiger partial charge in [-0.25, -0.2) is 9.97 Å². The van der Waals surface area contributed by atoms with Gasteiger partial charge in [-0.1, -0.05) is 6.92 Å². The number of ketones is 1. The lowest BCUT2D eigenvalue weighted by molar-refractivity contribution is 0.0985. The van der Waals surface area contributed by atoms with Crippen molar-refractivity contribution in [2.24, 2.45) is 7.05 Å². The van der Waals surface area contributed by atoms with E-state index in [4.69, 9.17) is 4.74 Å². The summed E-state index contributed by atoms with van der Waals surface area (Å²) >= 11 is 3.50. The fourth-order valence-corrected chi connectivity index (χ4v) is 2.61. The molecule has 0 radical (unpaired) electrons. The maximum absolute atomic E-state index is 12.3. The highest BCUT2D eigenvalue weighted by molar-refractivity contribution is 9.10. The molecule has 2 aromatic rings. The summed E-state index contributed by atoms with van der Waals surface area (Å²) in [7, 11) is 3.33. The van der Waals surface area contributed by atoms with Gasteiger partial charge in [0.1, 0.15) is 12.0 Å². The zero-order valence-corrected chi connectivity index (χ0v) is 13.1. The molecule has 2 heterocycles. The highest BCUT2D eigenvalue weighted by Gasteiger charge is 2.18. The average Bonchev–Trinajstić information content (AvgIpc) is 2.74. The number of ether oxygens (including phenoxy) is 1. The second kappa shape index (κ2) is 6.13. The monoisotopic (exact) mass is 338 g/mol. The molecule has 0 aliphatic heterocycles. The van der Waals surface area contributed by atoms with Crippen molar-refractivity contribution in [1.29, 1.82) is 0 Å². The molecule has 6 nitrogen and oxygen atoms in total. The zero-order valence-electron chi connectivity index (χ0n) is 11.6. The van der Waals surface area contributed by atoms with E-state index in [1.54, 1.807) is 4.68 Å². The van der Waals surface area contributed by atoms with Crippen LogP contribution in [-0.4, -0.2) is 32.6 Å². The third-order valence-corrected chi connectivity index (χ3v) is 3.88. The first-order valence-electron chi connectivity index (χ1n) is 6.16. The van der Waals surface area contributed by atoms with Gasteiger partial charge in [0.2, 0.25) is 5.88 Å². The Morgan fingerprint density at radius 2 is 2.20 bits per heavy atom. The fraction of sp³-hybridized carbons (Fsp3) is 0.385. The lowest BCUT2D eigenvalue weighted by atomic mass is 10.1. The highest BCUT2D eigenvalue weighted by atomic mass is 79.9. The SMILES string of the molecule is CCc1nn(C)c(CC(=O)c2cc(OC)ncn2)c1Br. The van der Waals surface area contributed by atoms with Gasteiger partial charge < -0.3 is 4.74 Å². The number of Topliss-reactive ketones (excluding diaryl/α,β-unsaturated/α-hetero) is 1. The summed E-state index contributed by atoms with van der Waals surface area (Å²) in [6.07, 6.45) is 2.36. The molecule has 2 rings (SSSR count). The van der Waals surface area contributed by atoms with Crippen molar-refractivity contribution in [1.82, 2.24) is 19.7 Å². The van der Waals surface area contributed by atoms with Gasteiger partial charge in [0.15, 0.2) is 5.78 Å². The second-order valence-corrected chi connectivity index (χ2v) is 5.02. The molecule has 0 amide bonds. The first-order chi connectivity index (χ1) is 9.56. The number of rotatable bonds is 5. The van der Waals surface area contributed by atoms with Gasteiger partial charge in [-0.05, 0) is 22.4 Å².